The summed E-state index contributed by atoms with van der Waals surface area (Å²) >= 11 is 0. The van der Waals surface area contributed by atoms with Gasteiger partial charge >= 0.3 is 0 Å². The Labute approximate surface area is 93.4 Å². The van der Waals surface area contributed by atoms with E-state index in [-0.39, 0.29) is 0 Å². The molecule has 0 aliphatic rings. The number of unbranched alkanes of at least 4 members (excludes halogenated alkanes) is 4. The summed E-state index contributed by atoms with van der Waals surface area (Å²) in [5.41, 5.74) is 0. The van der Waals surface area contributed by atoms with E-state index < -0.39 is 12.2 Å². The first-order valence-electron chi connectivity index (χ1n) is 6.24. The van der Waals surface area contributed by atoms with Gasteiger partial charge in [0.15, 0.2) is 0 Å². The molecule has 0 saturated carbocycles. The van der Waals surface area contributed by atoms with Gasteiger partial charge in [-0.15, -0.1) is 0 Å². The maximum Gasteiger partial charge on any atom is 0.118 e. The van der Waals surface area contributed by atoms with E-state index in [0.29, 0.717) is 0 Å². The predicted molar refractivity (Wildman–Crippen MR) is 61.8 cm³/mol. The summed E-state index contributed by atoms with van der Waals surface area (Å²) in [6, 6.07) is 0. The molecule has 3 heteroatoms. The second-order valence-electron chi connectivity index (χ2n) is 4.20. The number of aliphatic hydroxyl groups is 1. The Kier molecular flexibility index (Phi) is 10.3. The zero-order valence-corrected chi connectivity index (χ0v) is 10.1. The first kappa shape index (κ1) is 14.9. The van der Waals surface area contributed by atoms with Crippen LogP contribution in [0.5, 0.6) is 0 Å². The molecule has 0 aromatic heterocycles. The largest absolute Gasteiger partial charge is 0.390 e. The van der Waals surface area contributed by atoms with Crippen LogP contribution in [0.15, 0.2) is 0 Å². The molecule has 0 aliphatic carbocycles. The van der Waals surface area contributed by atoms with Crippen LogP contribution in [0.25, 0.3) is 0 Å². The molecule has 0 heterocycles. The third kappa shape index (κ3) is 7.77. The lowest BCUT2D eigenvalue weighted by molar-refractivity contribution is -0.298. The fraction of sp³-hybridized carbons (Fsp3) is 1.00. The average Bonchev–Trinajstić information content (AvgIpc) is 2.25. The predicted octanol–water partition coefficient (Wildman–Crippen LogP) is 3.37. The fourth-order valence-electron chi connectivity index (χ4n) is 1.69. The lowest BCUT2D eigenvalue weighted by Gasteiger charge is -2.19. The maximum atomic E-state index is 9.75. The quantitative estimate of drug-likeness (QED) is 0.336. The van der Waals surface area contributed by atoms with Crippen LogP contribution in [0.1, 0.15) is 65.2 Å². The summed E-state index contributed by atoms with van der Waals surface area (Å²) in [4.78, 5) is 4.32. The number of rotatable bonds is 10. The van der Waals surface area contributed by atoms with Crippen molar-refractivity contribution in [1.29, 1.82) is 0 Å². The lowest BCUT2D eigenvalue weighted by Crippen LogP contribution is -2.28. The Hall–Kier alpha value is -0.120. The zero-order valence-electron chi connectivity index (χ0n) is 10.1. The van der Waals surface area contributed by atoms with E-state index in [2.05, 4.69) is 18.7 Å². The smallest absolute Gasteiger partial charge is 0.118 e. The van der Waals surface area contributed by atoms with Gasteiger partial charge in [-0.1, -0.05) is 52.4 Å². The van der Waals surface area contributed by atoms with Crippen molar-refractivity contribution in [1.82, 2.24) is 0 Å². The van der Waals surface area contributed by atoms with Crippen LogP contribution in [0, 0.1) is 0 Å². The molecule has 0 aromatic carbocycles. The van der Waals surface area contributed by atoms with Crippen LogP contribution in [-0.2, 0) is 4.89 Å². The van der Waals surface area contributed by atoms with E-state index in [0.717, 1.165) is 38.5 Å². The fourth-order valence-corrected chi connectivity index (χ4v) is 1.69. The Morgan fingerprint density at radius 2 is 1.60 bits per heavy atom. The maximum absolute atomic E-state index is 9.75. The van der Waals surface area contributed by atoms with Crippen LogP contribution in [0.4, 0.5) is 0 Å². The molecule has 0 spiro atoms. The molecule has 0 rings (SSSR count). The van der Waals surface area contributed by atoms with Crippen LogP contribution in [0.3, 0.4) is 0 Å². The Morgan fingerprint density at radius 3 is 2.13 bits per heavy atom. The molecule has 0 saturated heterocycles. The van der Waals surface area contributed by atoms with Gasteiger partial charge in [0.2, 0.25) is 0 Å². The van der Waals surface area contributed by atoms with Crippen LogP contribution >= 0.6 is 0 Å². The third-order valence-electron chi connectivity index (χ3n) is 2.76. The minimum Gasteiger partial charge on any atom is -0.390 e. The van der Waals surface area contributed by atoms with Gasteiger partial charge in [-0.3, -0.25) is 5.26 Å². The van der Waals surface area contributed by atoms with Gasteiger partial charge in [0.25, 0.3) is 0 Å². The molecule has 0 fully saturated rings. The number of hydrogen-bond acceptors (Lipinski definition) is 3. The van der Waals surface area contributed by atoms with Gasteiger partial charge in [0, 0.05) is 0 Å². The molecule has 92 valence electrons. The summed E-state index contributed by atoms with van der Waals surface area (Å²) < 4.78 is 0. The summed E-state index contributed by atoms with van der Waals surface area (Å²) in [5.74, 6) is 0. The van der Waals surface area contributed by atoms with Crippen molar-refractivity contribution in [3.8, 4) is 0 Å². The first-order valence-corrected chi connectivity index (χ1v) is 6.24. The lowest BCUT2D eigenvalue weighted by atomic mass is 10.0. The molecular weight excluding hydrogens is 192 g/mol. The first-order chi connectivity index (χ1) is 7.26. The van der Waals surface area contributed by atoms with Crippen LogP contribution < -0.4 is 0 Å². The van der Waals surface area contributed by atoms with Crippen LogP contribution in [0.2, 0.25) is 0 Å². The van der Waals surface area contributed by atoms with Crippen molar-refractivity contribution in [2.75, 3.05) is 0 Å². The second kappa shape index (κ2) is 10.4. The van der Waals surface area contributed by atoms with Gasteiger partial charge in [-0.25, -0.2) is 4.89 Å². The van der Waals surface area contributed by atoms with Gasteiger partial charge < -0.3 is 5.11 Å². The van der Waals surface area contributed by atoms with Crippen molar-refractivity contribution in [3.63, 3.8) is 0 Å². The molecule has 2 unspecified atom stereocenters. The number of hydrogen-bond donors (Lipinski definition) is 2. The Bertz CT molecular complexity index is 128. The van der Waals surface area contributed by atoms with Crippen LogP contribution in [-0.4, -0.2) is 22.6 Å². The van der Waals surface area contributed by atoms with Gasteiger partial charge in [0.05, 0.1) is 6.10 Å². The molecule has 0 aromatic rings. The molecule has 2 N–H and O–H groups in total. The molecule has 2 atom stereocenters. The topological polar surface area (TPSA) is 49.7 Å². The van der Waals surface area contributed by atoms with E-state index in [1.54, 1.807) is 0 Å². The van der Waals surface area contributed by atoms with E-state index in [1.807, 2.05) is 0 Å². The second-order valence-corrected chi connectivity index (χ2v) is 4.20. The molecule has 0 aliphatic heterocycles. The minimum absolute atomic E-state index is 0.397. The molecule has 0 bridgehead atoms. The summed E-state index contributed by atoms with van der Waals surface area (Å²) in [7, 11) is 0. The minimum atomic E-state index is -0.515. The highest BCUT2D eigenvalue weighted by molar-refractivity contribution is 4.68. The normalized spacial score (nSPS) is 15.2. The third-order valence-corrected chi connectivity index (χ3v) is 2.76. The van der Waals surface area contributed by atoms with Gasteiger partial charge in [-0.2, -0.15) is 0 Å². The van der Waals surface area contributed by atoms with Gasteiger partial charge in [0.1, 0.15) is 6.10 Å². The van der Waals surface area contributed by atoms with E-state index in [1.165, 1.54) is 12.8 Å². The number of aliphatic hydroxyl groups excluding tert-OH is 1. The monoisotopic (exact) mass is 218 g/mol. The molecule has 15 heavy (non-hydrogen) atoms. The highest BCUT2D eigenvalue weighted by Gasteiger charge is 2.18. The molecule has 0 radical (unpaired) electrons. The van der Waals surface area contributed by atoms with Crippen molar-refractivity contribution in [2.24, 2.45) is 0 Å². The highest BCUT2D eigenvalue weighted by atomic mass is 17.1. The Balaban J connectivity index is 3.58. The van der Waals surface area contributed by atoms with Gasteiger partial charge in [-0.05, 0) is 12.8 Å². The molecule has 3 nitrogen and oxygen atoms in total. The van der Waals surface area contributed by atoms with Crippen molar-refractivity contribution in [2.45, 2.75) is 77.4 Å². The Morgan fingerprint density at radius 1 is 0.933 bits per heavy atom. The summed E-state index contributed by atoms with van der Waals surface area (Å²) in [6.07, 6.45) is 7.18. The SMILES string of the molecule is CCCCCCC(O)C(CCCC)OO. The van der Waals surface area contributed by atoms with Crippen molar-refractivity contribution < 1.29 is 15.3 Å². The average molecular weight is 218 g/mol. The molecule has 0 amide bonds. The van der Waals surface area contributed by atoms with E-state index >= 15 is 0 Å². The highest BCUT2D eigenvalue weighted by Crippen LogP contribution is 2.14. The van der Waals surface area contributed by atoms with E-state index in [4.69, 9.17) is 5.26 Å². The van der Waals surface area contributed by atoms with Crippen molar-refractivity contribution in [3.05, 3.63) is 0 Å². The van der Waals surface area contributed by atoms with E-state index in [9.17, 15) is 5.11 Å². The van der Waals surface area contributed by atoms with Crippen molar-refractivity contribution >= 4 is 0 Å². The summed E-state index contributed by atoms with van der Waals surface area (Å²) in [6.45, 7) is 4.25. The molecular formula is C12H26O3. The zero-order chi connectivity index (χ0) is 11.5. The summed E-state index contributed by atoms with van der Waals surface area (Å²) in [5, 5.41) is 18.4. The standard InChI is InChI=1S/C12H26O3/c1-3-5-7-8-9-11(13)12(15-14)10-6-4-2/h11-14H,3-10H2,1-2H3.